The van der Waals surface area contributed by atoms with Crippen molar-refractivity contribution >= 4 is 28.0 Å². The van der Waals surface area contributed by atoms with Gasteiger partial charge in [0.05, 0.1) is 17.8 Å². The number of aromatic nitrogens is 5. The third kappa shape index (κ3) is 3.30. The molecule has 3 aliphatic rings. The summed E-state index contributed by atoms with van der Waals surface area (Å²) in [4.78, 5) is 29.4. The molecule has 3 aliphatic carbocycles. The van der Waals surface area contributed by atoms with Gasteiger partial charge in [-0.3, -0.25) is 4.79 Å². The third-order valence-electron chi connectivity index (χ3n) is 8.05. The fraction of sp³-hybridized carbons (Fsp3) is 0.462. The number of halogens is 1. The van der Waals surface area contributed by atoms with E-state index >= 15 is 0 Å². The van der Waals surface area contributed by atoms with Crippen LogP contribution in [0.4, 0.5) is 4.39 Å². The molecule has 0 saturated heterocycles. The van der Waals surface area contributed by atoms with Gasteiger partial charge in [0.25, 0.3) is 0 Å². The number of aliphatic carboxylic acids is 1. The van der Waals surface area contributed by atoms with Crippen molar-refractivity contribution in [1.29, 1.82) is 0 Å². The van der Waals surface area contributed by atoms with Gasteiger partial charge in [-0.25, -0.2) is 19.3 Å². The third-order valence-corrected chi connectivity index (χ3v) is 8.05. The van der Waals surface area contributed by atoms with Crippen molar-refractivity contribution in [3.05, 3.63) is 42.2 Å². The first-order valence-corrected chi connectivity index (χ1v) is 12.1. The maximum absolute atomic E-state index is 14.0. The Hall–Kier alpha value is -3.29. The number of carbonyl (C=O) groups is 1. The summed E-state index contributed by atoms with van der Waals surface area (Å²) in [5, 5.41) is 11.7. The Kier molecular flexibility index (Phi) is 4.93. The molecule has 4 aromatic rings. The summed E-state index contributed by atoms with van der Waals surface area (Å²) in [7, 11) is 0. The van der Waals surface area contributed by atoms with E-state index in [-0.39, 0.29) is 23.8 Å². The van der Waals surface area contributed by atoms with Crippen LogP contribution in [-0.2, 0) is 11.2 Å². The lowest BCUT2D eigenvalue weighted by Gasteiger charge is -2.46. The molecule has 4 aromatic heterocycles. The molecule has 176 valence electrons. The Balaban J connectivity index is 1.51. The average Bonchev–Trinajstić information content (AvgIpc) is 3.43. The normalized spacial score (nSPS) is 24.5. The van der Waals surface area contributed by atoms with Crippen LogP contribution < -0.4 is 0 Å². The molecule has 34 heavy (non-hydrogen) atoms. The highest BCUT2D eigenvalue weighted by molar-refractivity contribution is 5.93. The Morgan fingerprint density at radius 1 is 1.21 bits per heavy atom. The van der Waals surface area contributed by atoms with Crippen LogP contribution in [0.15, 0.2) is 30.7 Å². The van der Waals surface area contributed by atoms with Gasteiger partial charge in [0, 0.05) is 34.8 Å². The number of H-pyrrole nitrogens is 1. The molecular formula is C26H28FN5O2. The quantitative estimate of drug-likeness (QED) is 0.416. The molecule has 4 heterocycles. The van der Waals surface area contributed by atoms with E-state index in [9.17, 15) is 14.3 Å². The molecule has 2 atom stereocenters. The summed E-state index contributed by atoms with van der Waals surface area (Å²) in [6.07, 6.45) is 9.82. The van der Waals surface area contributed by atoms with Crippen molar-refractivity contribution in [2.24, 2.45) is 23.7 Å². The van der Waals surface area contributed by atoms with Crippen molar-refractivity contribution in [2.75, 3.05) is 0 Å². The molecule has 0 amide bonds. The molecule has 0 radical (unpaired) electrons. The first-order valence-electron chi connectivity index (χ1n) is 12.1. The van der Waals surface area contributed by atoms with E-state index in [1.807, 2.05) is 12.3 Å². The van der Waals surface area contributed by atoms with E-state index in [0.717, 1.165) is 42.4 Å². The molecule has 0 aliphatic heterocycles. The molecule has 2 unspecified atom stereocenters. The number of carboxylic acids is 1. The first-order chi connectivity index (χ1) is 16.4. The molecule has 0 aromatic carbocycles. The monoisotopic (exact) mass is 461 g/mol. The minimum atomic E-state index is -0.678. The molecule has 8 heteroatoms. The summed E-state index contributed by atoms with van der Waals surface area (Å²) in [5.74, 6) is -0.162. The van der Waals surface area contributed by atoms with Crippen LogP contribution in [0.25, 0.3) is 33.5 Å². The average molecular weight is 462 g/mol. The number of carboxylic acid groups (broad SMARTS) is 1. The second-order valence-corrected chi connectivity index (χ2v) is 10.2. The number of nitrogens with one attached hydrogen (secondary N) is 1. The lowest BCUT2D eigenvalue weighted by atomic mass is 9.57. The maximum Gasteiger partial charge on any atom is 0.307 e. The number of hydrogen-bond acceptors (Lipinski definition) is 4. The van der Waals surface area contributed by atoms with Crippen molar-refractivity contribution in [2.45, 2.75) is 52.0 Å². The number of hydrogen-bond donors (Lipinski definition) is 2. The van der Waals surface area contributed by atoms with E-state index in [0.29, 0.717) is 34.8 Å². The number of aromatic amines is 1. The van der Waals surface area contributed by atoms with Crippen molar-refractivity contribution in [3.63, 3.8) is 0 Å². The van der Waals surface area contributed by atoms with Crippen LogP contribution in [0, 0.1) is 29.5 Å². The van der Waals surface area contributed by atoms with Crippen molar-refractivity contribution in [3.8, 4) is 11.4 Å². The predicted molar refractivity (Wildman–Crippen MR) is 127 cm³/mol. The zero-order valence-electron chi connectivity index (χ0n) is 19.3. The fourth-order valence-electron chi connectivity index (χ4n) is 6.43. The second-order valence-electron chi connectivity index (χ2n) is 10.2. The minimum absolute atomic E-state index is 0.0698. The minimum Gasteiger partial charge on any atom is -0.481 e. The highest BCUT2D eigenvalue weighted by Crippen LogP contribution is 2.50. The summed E-state index contributed by atoms with van der Waals surface area (Å²) < 4.78 is 16.1. The maximum atomic E-state index is 14.0. The SMILES string of the molecule is CC(C)n1ccc2c(CC3C4CCC(CC4)C3C(=O)O)nc(-c3c[nH]c4ncc(F)cc34)nc21. The van der Waals surface area contributed by atoms with Crippen LogP contribution in [0.3, 0.4) is 0 Å². The van der Waals surface area contributed by atoms with Crippen molar-refractivity contribution < 1.29 is 14.3 Å². The summed E-state index contributed by atoms with van der Waals surface area (Å²) >= 11 is 0. The van der Waals surface area contributed by atoms with E-state index in [4.69, 9.17) is 9.97 Å². The van der Waals surface area contributed by atoms with Gasteiger partial charge >= 0.3 is 5.97 Å². The van der Waals surface area contributed by atoms with E-state index in [1.165, 1.54) is 12.3 Å². The smallest absolute Gasteiger partial charge is 0.307 e. The molecule has 7 nitrogen and oxygen atoms in total. The summed E-state index contributed by atoms with van der Waals surface area (Å²) in [6, 6.07) is 3.69. The number of rotatable bonds is 5. The second kappa shape index (κ2) is 7.89. The number of pyridine rings is 1. The van der Waals surface area contributed by atoms with E-state index < -0.39 is 11.8 Å². The highest BCUT2D eigenvalue weighted by Gasteiger charge is 2.47. The van der Waals surface area contributed by atoms with Crippen molar-refractivity contribution in [1.82, 2.24) is 24.5 Å². The summed E-state index contributed by atoms with van der Waals surface area (Å²) in [6.45, 7) is 4.21. The number of nitrogens with zero attached hydrogens (tertiary/aromatic N) is 4. The first kappa shape index (κ1) is 21.3. The molecular weight excluding hydrogens is 433 g/mol. The van der Waals surface area contributed by atoms with Crippen LogP contribution in [0.1, 0.15) is 51.3 Å². The van der Waals surface area contributed by atoms with Gasteiger partial charge in [-0.2, -0.15) is 0 Å². The van der Waals surface area contributed by atoms with Gasteiger partial charge in [0.1, 0.15) is 17.1 Å². The lowest BCUT2D eigenvalue weighted by Crippen LogP contribution is -2.45. The van der Waals surface area contributed by atoms with Gasteiger partial charge in [-0.05, 0) is 75.8 Å². The molecule has 2 N–H and O–H groups in total. The Morgan fingerprint density at radius 2 is 1.97 bits per heavy atom. The highest BCUT2D eigenvalue weighted by atomic mass is 19.1. The van der Waals surface area contributed by atoms with Gasteiger partial charge in [-0.15, -0.1) is 0 Å². The molecule has 2 bridgehead atoms. The van der Waals surface area contributed by atoms with E-state index in [1.54, 1.807) is 6.20 Å². The topological polar surface area (TPSA) is 96.7 Å². The van der Waals surface area contributed by atoms with Gasteiger partial charge < -0.3 is 14.7 Å². The largest absolute Gasteiger partial charge is 0.481 e. The Labute approximate surface area is 196 Å². The van der Waals surface area contributed by atoms with Crippen LogP contribution in [0.5, 0.6) is 0 Å². The molecule has 3 saturated carbocycles. The standard InChI is InChI=1S/C26H28FN5O2/c1-13(2)32-8-7-17-21(10-18-14-3-5-15(6-4-14)22(18)26(33)34)30-24(31-25(17)32)20-12-29-23-19(20)9-16(27)11-28-23/h7-9,11-15,18,22H,3-6,10H2,1-2H3,(H,28,29)(H,33,34). The van der Waals surface area contributed by atoms with Crippen LogP contribution in [-0.4, -0.2) is 35.6 Å². The predicted octanol–water partition coefficient (Wildman–Crippen LogP) is 5.37. The molecule has 7 rings (SSSR count). The van der Waals surface area contributed by atoms with Gasteiger partial charge in [0.15, 0.2) is 5.82 Å². The molecule has 3 fully saturated rings. The summed E-state index contributed by atoms with van der Waals surface area (Å²) in [5.41, 5.74) is 2.97. The lowest BCUT2D eigenvalue weighted by molar-refractivity contribution is -0.152. The van der Waals surface area contributed by atoms with Crippen LogP contribution >= 0.6 is 0 Å². The van der Waals surface area contributed by atoms with E-state index in [2.05, 4.69) is 28.4 Å². The number of fused-ring (bicyclic) bond motifs is 5. The van der Waals surface area contributed by atoms with Crippen LogP contribution in [0.2, 0.25) is 0 Å². The Morgan fingerprint density at radius 3 is 2.71 bits per heavy atom. The van der Waals surface area contributed by atoms with Gasteiger partial charge in [0.2, 0.25) is 0 Å². The Bertz CT molecular complexity index is 1400. The molecule has 0 spiro atoms. The zero-order chi connectivity index (χ0) is 23.6. The van der Waals surface area contributed by atoms with Gasteiger partial charge in [-0.1, -0.05) is 0 Å². The zero-order valence-corrected chi connectivity index (χ0v) is 19.3. The fourth-order valence-corrected chi connectivity index (χ4v) is 6.43.